The first-order chi connectivity index (χ1) is 13.3. The van der Waals surface area contributed by atoms with Crippen molar-refractivity contribution in [3.05, 3.63) is 53.1 Å². The Hall–Kier alpha value is -2.25. The fourth-order valence-electron chi connectivity index (χ4n) is 3.01. The average Bonchev–Trinajstić information content (AvgIpc) is 3.52. The molecule has 1 amide bonds. The quantitative estimate of drug-likeness (QED) is 0.738. The number of amides is 1. The Morgan fingerprint density at radius 3 is 2.57 bits per heavy atom. The molecule has 150 valence electrons. The number of halogens is 1. The van der Waals surface area contributed by atoms with E-state index in [-0.39, 0.29) is 27.4 Å². The maximum Gasteiger partial charge on any atom is 0.264 e. The Labute approximate surface area is 170 Å². The Balaban J connectivity index is 1.92. The summed E-state index contributed by atoms with van der Waals surface area (Å²) in [5.41, 5.74) is 0.539. The maximum atomic E-state index is 13.1. The van der Waals surface area contributed by atoms with E-state index in [0.717, 1.165) is 17.1 Å². The molecule has 1 saturated carbocycles. The number of nitrogens with one attached hydrogen (secondary N) is 1. The van der Waals surface area contributed by atoms with Gasteiger partial charge in [0.2, 0.25) is 0 Å². The fraction of sp³-hybridized carbons (Fsp3) is 0.350. The lowest BCUT2D eigenvalue weighted by molar-refractivity contribution is 0.0936. The van der Waals surface area contributed by atoms with Crippen LogP contribution < -0.4 is 14.4 Å². The van der Waals surface area contributed by atoms with Crippen molar-refractivity contribution in [2.24, 2.45) is 5.92 Å². The Kier molecular flexibility index (Phi) is 5.86. The zero-order valence-electron chi connectivity index (χ0n) is 16.0. The van der Waals surface area contributed by atoms with Crippen molar-refractivity contribution in [2.45, 2.75) is 30.7 Å². The summed E-state index contributed by atoms with van der Waals surface area (Å²) in [6, 6.07) is 11.0. The smallest absolute Gasteiger partial charge is 0.264 e. The van der Waals surface area contributed by atoms with E-state index in [2.05, 4.69) is 5.32 Å². The van der Waals surface area contributed by atoms with Crippen molar-refractivity contribution in [3.8, 4) is 5.75 Å². The molecule has 2 aromatic carbocycles. The highest BCUT2D eigenvalue weighted by molar-refractivity contribution is 7.92. The third kappa shape index (κ3) is 4.10. The predicted octanol–water partition coefficient (Wildman–Crippen LogP) is 3.70. The van der Waals surface area contributed by atoms with Gasteiger partial charge in [-0.2, -0.15) is 0 Å². The summed E-state index contributed by atoms with van der Waals surface area (Å²) in [4.78, 5) is 12.6. The summed E-state index contributed by atoms with van der Waals surface area (Å²) in [5, 5.41) is 3.11. The minimum absolute atomic E-state index is 0.0190. The average molecular weight is 423 g/mol. The van der Waals surface area contributed by atoms with Gasteiger partial charge in [0.15, 0.2) is 0 Å². The number of rotatable bonds is 7. The largest absolute Gasteiger partial charge is 0.495 e. The molecule has 28 heavy (non-hydrogen) atoms. The summed E-state index contributed by atoms with van der Waals surface area (Å²) in [7, 11) is -0.997. The summed E-state index contributed by atoms with van der Waals surface area (Å²) in [5.74, 6) is 0.534. The lowest BCUT2D eigenvalue weighted by Crippen LogP contribution is -2.34. The molecule has 8 heteroatoms. The van der Waals surface area contributed by atoms with Gasteiger partial charge in [-0.05, 0) is 56.0 Å². The third-order valence-electron chi connectivity index (χ3n) is 4.95. The number of benzene rings is 2. The second-order valence-electron chi connectivity index (χ2n) is 6.89. The number of anilines is 1. The number of carbonyl (C=O) groups is 1. The lowest BCUT2D eigenvalue weighted by atomic mass is 10.1. The van der Waals surface area contributed by atoms with Crippen LogP contribution in [-0.2, 0) is 10.0 Å². The van der Waals surface area contributed by atoms with Gasteiger partial charge < -0.3 is 10.1 Å². The van der Waals surface area contributed by atoms with Crippen molar-refractivity contribution in [1.82, 2.24) is 5.32 Å². The van der Waals surface area contributed by atoms with Crippen LogP contribution in [0.5, 0.6) is 5.75 Å². The Bertz CT molecular complexity index is 989. The second-order valence-corrected chi connectivity index (χ2v) is 9.26. The van der Waals surface area contributed by atoms with Crippen LogP contribution >= 0.6 is 11.6 Å². The van der Waals surface area contributed by atoms with Crippen LogP contribution in [0.2, 0.25) is 5.02 Å². The molecule has 1 aliphatic carbocycles. The fourth-order valence-corrected chi connectivity index (χ4v) is 4.45. The normalized spacial score (nSPS) is 15.0. The van der Waals surface area contributed by atoms with Crippen LogP contribution in [-0.4, -0.2) is 34.5 Å². The van der Waals surface area contributed by atoms with Gasteiger partial charge in [-0.15, -0.1) is 0 Å². The maximum absolute atomic E-state index is 13.1. The SMILES string of the molecule is COc1ccccc1N(C)S(=O)(=O)c1ccc(Cl)c(C(=O)N[C@@H](C)C2CC2)c1. The molecule has 2 aromatic rings. The minimum atomic E-state index is -3.92. The highest BCUT2D eigenvalue weighted by Crippen LogP contribution is 2.33. The monoisotopic (exact) mass is 422 g/mol. The van der Waals surface area contributed by atoms with Gasteiger partial charge >= 0.3 is 0 Å². The van der Waals surface area contributed by atoms with E-state index in [1.54, 1.807) is 24.3 Å². The molecule has 3 rings (SSSR count). The van der Waals surface area contributed by atoms with E-state index in [9.17, 15) is 13.2 Å². The van der Waals surface area contributed by atoms with Crippen LogP contribution in [0.15, 0.2) is 47.4 Å². The number of sulfonamides is 1. The number of hydrogen-bond acceptors (Lipinski definition) is 4. The Morgan fingerprint density at radius 1 is 1.25 bits per heavy atom. The molecule has 0 heterocycles. The molecule has 1 aliphatic rings. The van der Waals surface area contributed by atoms with Crippen molar-refractivity contribution >= 4 is 33.2 Å². The summed E-state index contributed by atoms with van der Waals surface area (Å²) < 4.78 is 32.6. The molecule has 1 atom stereocenters. The first kappa shape index (κ1) is 20.5. The van der Waals surface area contributed by atoms with Crippen LogP contribution in [0, 0.1) is 5.92 Å². The zero-order chi connectivity index (χ0) is 20.5. The van der Waals surface area contributed by atoms with E-state index >= 15 is 0 Å². The molecule has 0 unspecified atom stereocenters. The van der Waals surface area contributed by atoms with Gasteiger partial charge in [0.05, 0.1) is 28.3 Å². The molecule has 1 N–H and O–H groups in total. The van der Waals surface area contributed by atoms with Crippen molar-refractivity contribution < 1.29 is 17.9 Å². The van der Waals surface area contributed by atoms with Crippen molar-refractivity contribution in [3.63, 3.8) is 0 Å². The predicted molar refractivity (Wildman–Crippen MR) is 110 cm³/mol. The molecule has 0 aliphatic heterocycles. The Morgan fingerprint density at radius 2 is 1.93 bits per heavy atom. The standard InChI is InChI=1S/C20H23ClN2O4S/c1-13(14-8-9-14)22-20(24)16-12-15(10-11-17(16)21)28(25,26)23(2)18-6-4-5-7-19(18)27-3/h4-7,10-14H,8-9H2,1-3H3,(H,22,24)/t13-/m0/s1. The van der Waals surface area contributed by atoms with E-state index in [4.69, 9.17) is 16.3 Å². The highest BCUT2D eigenvalue weighted by atomic mass is 35.5. The first-order valence-corrected chi connectivity index (χ1v) is 10.8. The second kappa shape index (κ2) is 8.01. The summed E-state index contributed by atoms with van der Waals surface area (Å²) >= 11 is 6.17. The van der Waals surface area contributed by atoms with Crippen LogP contribution in [0.25, 0.3) is 0 Å². The molecular formula is C20H23ClN2O4S. The molecule has 6 nitrogen and oxygen atoms in total. The van der Waals surface area contributed by atoms with Gasteiger partial charge in [-0.25, -0.2) is 8.42 Å². The molecule has 0 radical (unpaired) electrons. The van der Waals surface area contributed by atoms with Crippen molar-refractivity contribution in [1.29, 1.82) is 0 Å². The van der Waals surface area contributed by atoms with E-state index in [1.807, 2.05) is 6.92 Å². The lowest BCUT2D eigenvalue weighted by Gasteiger charge is -2.22. The number of hydrogen-bond donors (Lipinski definition) is 1. The number of ether oxygens (including phenoxy) is 1. The minimum Gasteiger partial charge on any atom is -0.495 e. The first-order valence-electron chi connectivity index (χ1n) is 8.98. The highest BCUT2D eigenvalue weighted by Gasteiger charge is 2.30. The number of carbonyl (C=O) groups excluding carboxylic acids is 1. The molecule has 0 bridgehead atoms. The van der Waals surface area contributed by atoms with Gasteiger partial charge in [-0.1, -0.05) is 23.7 Å². The van der Waals surface area contributed by atoms with E-state index < -0.39 is 10.0 Å². The van der Waals surface area contributed by atoms with Gasteiger partial charge in [0.1, 0.15) is 5.75 Å². The van der Waals surface area contributed by atoms with Gasteiger partial charge in [-0.3, -0.25) is 9.10 Å². The van der Waals surface area contributed by atoms with Crippen molar-refractivity contribution in [2.75, 3.05) is 18.5 Å². The van der Waals surface area contributed by atoms with Gasteiger partial charge in [0, 0.05) is 13.1 Å². The van der Waals surface area contributed by atoms with E-state index in [0.29, 0.717) is 17.4 Å². The van der Waals surface area contributed by atoms with Crippen LogP contribution in [0.4, 0.5) is 5.69 Å². The van der Waals surface area contributed by atoms with Crippen LogP contribution in [0.1, 0.15) is 30.1 Å². The van der Waals surface area contributed by atoms with E-state index in [1.165, 1.54) is 32.4 Å². The molecular weight excluding hydrogens is 400 g/mol. The third-order valence-corrected chi connectivity index (χ3v) is 7.05. The summed E-state index contributed by atoms with van der Waals surface area (Å²) in [6.45, 7) is 1.94. The topological polar surface area (TPSA) is 75.7 Å². The molecule has 1 fully saturated rings. The molecule has 0 aromatic heterocycles. The van der Waals surface area contributed by atoms with Crippen LogP contribution in [0.3, 0.4) is 0 Å². The zero-order valence-corrected chi connectivity index (χ0v) is 17.5. The molecule has 0 saturated heterocycles. The number of methoxy groups -OCH3 is 1. The number of para-hydroxylation sites is 2. The molecule has 0 spiro atoms. The van der Waals surface area contributed by atoms with Gasteiger partial charge in [0.25, 0.3) is 15.9 Å². The number of nitrogens with zero attached hydrogens (tertiary/aromatic N) is 1. The summed E-state index contributed by atoms with van der Waals surface area (Å²) in [6.07, 6.45) is 2.18.